The maximum atomic E-state index is 13.4. The van der Waals surface area contributed by atoms with Crippen molar-refractivity contribution in [3.05, 3.63) is 29.6 Å². The zero-order valence-corrected chi connectivity index (χ0v) is 11.4. The molecule has 0 spiro atoms. The Morgan fingerprint density at radius 2 is 2.20 bits per heavy atom. The van der Waals surface area contributed by atoms with Crippen LogP contribution in [0.15, 0.2) is 23.1 Å². The molecule has 6 nitrogen and oxygen atoms in total. The van der Waals surface area contributed by atoms with Gasteiger partial charge in [-0.05, 0) is 18.6 Å². The summed E-state index contributed by atoms with van der Waals surface area (Å²) in [6.07, 6.45) is 0.541. The first-order valence-corrected chi connectivity index (χ1v) is 7.25. The first-order chi connectivity index (χ1) is 9.33. The second kappa shape index (κ2) is 6.45. The van der Waals surface area contributed by atoms with Crippen LogP contribution in [0.5, 0.6) is 0 Å². The fourth-order valence-corrected chi connectivity index (χ4v) is 3.00. The Kier molecular flexibility index (Phi) is 5.19. The van der Waals surface area contributed by atoms with E-state index in [1.165, 1.54) is 6.07 Å². The van der Waals surface area contributed by atoms with Crippen molar-refractivity contribution in [1.82, 2.24) is 4.72 Å². The van der Waals surface area contributed by atoms with Gasteiger partial charge in [-0.3, -0.25) is 4.79 Å². The molecule has 1 unspecified atom stereocenters. The van der Waals surface area contributed by atoms with Crippen molar-refractivity contribution in [3.8, 4) is 6.07 Å². The molecule has 2 N–H and O–H groups in total. The predicted molar refractivity (Wildman–Crippen MR) is 67.8 cm³/mol. The summed E-state index contributed by atoms with van der Waals surface area (Å²) in [7, 11) is -4.29. The summed E-state index contributed by atoms with van der Waals surface area (Å²) in [4.78, 5) is 10.4. The lowest BCUT2D eigenvalue weighted by molar-refractivity contribution is -0.139. The molecule has 1 atom stereocenters. The van der Waals surface area contributed by atoms with Crippen LogP contribution in [0, 0.1) is 17.1 Å². The zero-order valence-electron chi connectivity index (χ0n) is 10.6. The van der Waals surface area contributed by atoms with Crippen LogP contribution < -0.4 is 4.72 Å². The average molecular weight is 300 g/mol. The fraction of sp³-hybridized carbons (Fsp3) is 0.333. The minimum absolute atomic E-state index is 0.0891. The number of hydrogen-bond donors (Lipinski definition) is 2. The van der Waals surface area contributed by atoms with E-state index in [4.69, 9.17) is 10.4 Å². The molecule has 0 aliphatic heterocycles. The van der Waals surface area contributed by atoms with E-state index in [1.807, 2.05) is 4.72 Å². The molecule has 8 heteroatoms. The number of hydrogen-bond acceptors (Lipinski definition) is 4. The normalized spacial score (nSPS) is 12.7. The summed E-state index contributed by atoms with van der Waals surface area (Å²) >= 11 is 0. The molecule has 0 aliphatic rings. The number of sulfonamides is 1. The Morgan fingerprint density at radius 1 is 1.55 bits per heavy atom. The Balaban J connectivity index is 3.21. The van der Waals surface area contributed by atoms with Gasteiger partial charge in [0.1, 0.15) is 28.4 Å². The van der Waals surface area contributed by atoms with Crippen molar-refractivity contribution >= 4 is 16.0 Å². The Labute approximate surface area is 115 Å². The molecule has 1 aromatic carbocycles. The van der Waals surface area contributed by atoms with Gasteiger partial charge in [-0.25, -0.2) is 12.8 Å². The summed E-state index contributed by atoms with van der Waals surface area (Å²) < 4.78 is 39.5. The Morgan fingerprint density at radius 3 is 2.70 bits per heavy atom. The number of rotatable bonds is 6. The maximum absolute atomic E-state index is 13.4. The van der Waals surface area contributed by atoms with E-state index in [1.54, 1.807) is 6.92 Å². The predicted octanol–water partition coefficient (Wildman–Crippen LogP) is 1.23. The van der Waals surface area contributed by atoms with E-state index in [2.05, 4.69) is 0 Å². The standard InChI is InChI=1S/C12H13FN2O4S/c1-2-4-10(12(16)17)15-20(18,19)11-6-3-5-9(13)8(11)7-14/h3,5-6,10,15H,2,4H2,1H3,(H,16,17). The molecule has 0 amide bonds. The molecule has 1 aromatic rings. The highest BCUT2D eigenvalue weighted by atomic mass is 32.2. The van der Waals surface area contributed by atoms with E-state index < -0.39 is 38.3 Å². The van der Waals surface area contributed by atoms with Crippen LogP contribution in [-0.2, 0) is 14.8 Å². The van der Waals surface area contributed by atoms with Gasteiger partial charge in [0.05, 0.1) is 0 Å². The molecule has 0 fully saturated rings. The van der Waals surface area contributed by atoms with Gasteiger partial charge in [-0.1, -0.05) is 19.4 Å². The van der Waals surface area contributed by atoms with Crippen LogP contribution in [0.1, 0.15) is 25.3 Å². The molecule has 0 radical (unpaired) electrons. The molecule has 0 bridgehead atoms. The maximum Gasteiger partial charge on any atom is 0.321 e. The number of carbonyl (C=O) groups is 1. The number of halogens is 1. The lowest BCUT2D eigenvalue weighted by Crippen LogP contribution is -2.40. The lowest BCUT2D eigenvalue weighted by Gasteiger charge is -2.14. The highest BCUT2D eigenvalue weighted by Crippen LogP contribution is 2.18. The average Bonchev–Trinajstić information content (AvgIpc) is 2.37. The molecule has 0 saturated carbocycles. The first-order valence-electron chi connectivity index (χ1n) is 5.77. The van der Waals surface area contributed by atoms with E-state index in [-0.39, 0.29) is 6.42 Å². The van der Waals surface area contributed by atoms with Crippen LogP contribution in [-0.4, -0.2) is 25.5 Å². The number of carboxylic acids is 1. The third-order valence-electron chi connectivity index (χ3n) is 2.55. The quantitative estimate of drug-likeness (QED) is 0.821. The number of nitrogens with one attached hydrogen (secondary N) is 1. The summed E-state index contributed by atoms with van der Waals surface area (Å²) in [5.74, 6) is -2.30. The van der Waals surface area contributed by atoms with Gasteiger partial charge in [0.15, 0.2) is 0 Å². The van der Waals surface area contributed by atoms with Gasteiger partial charge >= 0.3 is 5.97 Å². The van der Waals surface area contributed by atoms with Gasteiger partial charge in [-0.2, -0.15) is 9.98 Å². The number of nitriles is 1. The van der Waals surface area contributed by atoms with Gasteiger partial charge in [-0.15, -0.1) is 0 Å². The molecule has 0 saturated heterocycles. The zero-order chi connectivity index (χ0) is 15.3. The molecular weight excluding hydrogens is 287 g/mol. The summed E-state index contributed by atoms with van der Waals surface area (Å²) in [5, 5.41) is 17.7. The first kappa shape index (κ1) is 16.1. The minimum atomic E-state index is -4.29. The van der Waals surface area contributed by atoms with Gasteiger partial charge in [0.25, 0.3) is 0 Å². The second-order valence-electron chi connectivity index (χ2n) is 4.03. The monoisotopic (exact) mass is 300 g/mol. The molecule has 0 aliphatic carbocycles. The molecule has 0 heterocycles. The van der Waals surface area contributed by atoms with E-state index in [9.17, 15) is 17.6 Å². The second-order valence-corrected chi connectivity index (χ2v) is 5.71. The minimum Gasteiger partial charge on any atom is -0.480 e. The summed E-state index contributed by atoms with van der Waals surface area (Å²) in [6, 6.07) is 3.29. The van der Waals surface area contributed by atoms with Crippen LogP contribution in [0.4, 0.5) is 4.39 Å². The van der Waals surface area contributed by atoms with Gasteiger partial charge in [0, 0.05) is 0 Å². The van der Waals surface area contributed by atoms with Crippen molar-refractivity contribution in [3.63, 3.8) is 0 Å². The van der Waals surface area contributed by atoms with Crippen LogP contribution in [0.25, 0.3) is 0 Å². The number of benzene rings is 1. The topological polar surface area (TPSA) is 107 Å². The van der Waals surface area contributed by atoms with Crippen LogP contribution in [0.2, 0.25) is 0 Å². The highest BCUT2D eigenvalue weighted by molar-refractivity contribution is 7.89. The van der Waals surface area contributed by atoms with Crippen molar-refractivity contribution in [2.24, 2.45) is 0 Å². The Bertz CT molecular complexity index is 652. The van der Waals surface area contributed by atoms with Crippen molar-refractivity contribution in [2.45, 2.75) is 30.7 Å². The molecule has 20 heavy (non-hydrogen) atoms. The Hall–Kier alpha value is -1.98. The number of nitrogens with zero attached hydrogens (tertiary/aromatic N) is 1. The van der Waals surface area contributed by atoms with Gasteiger partial charge in [0.2, 0.25) is 10.0 Å². The van der Waals surface area contributed by atoms with Gasteiger partial charge < -0.3 is 5.11 Å². The molecular formula is C12H13FN2O4S. The third kappa shape index (κ3) is 3.53. The van der Waals surface area contributed by atoms with E-state index >= 15 is 0 Å². The van der Waals surface area contributed by atoms with Crippen LogP contribution >= 0.6 is 0 Å². The lowest BCUT2D eigenvalue weighted by atomic mass is 10.2. The SMILES string of the molecule is CCCC(NS(=O)(=O)c1cccc(F)c1C#N)C(=O)O. The van der Waals surface area contributed by atoms with Crippen molar-refractivity contribution < 1.29 is 22.7 Å². The van der Waals surface area contributed by atoms with E-state index in [0.717, 1.165) is 18.2 Å². The largest absolute Gasteiger partial charge is 0.480 e. The molecule has 108 valence electrons. The number of carboxylic acid groups (broad SMARTS) is 1. The van der Waals surface area contributed by atoms with Crippen LogP contribution in [0.3, 0.4) is 0 Å². The van der Waals surface area contributed by atoms with Crippen molar-refractivity contribution in [1.29, 1.82) is 5.26 Å². The third-order valence-corrected chi connectivity index (χ3v) is 4.06. The smallest absolute Gasteiger partial charge is 0.321 e. The van der Waals surface area contributed by atoms with E-state index in [0.29, 0.717) is 6.42 Å². The highest BCUT2D eigenvalue weighted by Gasteiger charge is 2.27. The van der Waals surface area contributed by atoms with Crippen molar-refractivity contribution in [2.75, 3.05) is 0 Å². The number of aliphatic carboxylic acids is 1. The fourth-order valence-electron chi connectivity index (χ4n) is 1.61. The summed E-state index contributed by atoms with van der Waals surface area (Å²) in [5.41, 5.74) is -0.638. The molecule has 0 aromatic heterocycles. The summed E-state index contributed by atoms with van der Waals surface area (Å²) in [6.45, 7) is 1.70. The molecule has 1 rings (SSSR count).